The number of hydrogen-bond donors (Lipinski definition) is 0. The van der Waals surface area contributed by atoms with Gasteiger partial charge in [-0.15, -0.1) is 10.5 Å². The molecule has 0 aromatic heterocycles. The van der Waals surface area contributed by atoms with Crippen molar-refractivity contribution in [2.45, 2.75) is 9.79 Å². The predicted octanol–water partition coefficient (Wildman–Crippen LogP) is 2.24. The number of sulfone groups is 1. The molecule has 7 heteroatoms. The van der Waals surface area contributed by atoms with E-state index in [0.717, 1.165) is 0 Å². The van der Waals surface area contributed by atoms with E-state index >= 15 is 0 Å². The van der Waals surface area contributed by atoms with Gasteiger partial charge in [0, 0.05) is 12.1 Å². The zero-order valence-electron chi connectivity index (χ0n) is 10.6. The van der Waals surface area contributed by atoms with Crippen molar-refractivity contribution in [1.82, 2.24) is 0 Å². The van der Waals surface area contributed by atoms with Gasteiger partial charge < -0.3 is 9.47 Å². The summed E-state index contributed by atoms with van der Waals surface area (Å²) in [5.41, 5.74) is 0. The van der Waals surface area contributed by atoms with E-state index in [-0.39, 0.29) is 21.3 Å². The van der Waals surface area contributed by atoms with Crippen LogP contribution in [0.25, 0.3) is 0 Å². The minimum atomic E-state index is -3.80. The van der Waals surface area contributed by atoms with E-state index in [0.29, 0.717) is 0 Å². The molecule has 0 amide bonds. The second-order valence-electron chi connectivity index (χ2n) is 3.84. The van der Waals surface area contributed by atoms with Gasteiger partial charge in [0.25, 0.3) is 12.5 Å². The maximum Gasteiger partial charge on any atom is 0.292 e. The van der Waals surface area contributed by atoms with Gasteiger partial charge in [-0.2, -0.15) is 0 Å². The lowest BCUT2D eigenvalue weighted by atomic mass is 10.3. The normalized spacial score (nSPS) is 10.2. The van der Waals surface area contributed by atoms with Gasteiger partial charge in [-0.1, -0.05) is 12.1 Å². The third-order valence-electron chi connectivity index (χ3n) is 2.56. The lowest BCUT2D eigenvalue weighted by Crippen LogP contribution is -2.02. The lowest BCUT2D eigenvalue weighted by Gasteiger charge is -2.06. The second kappa shape index (κ2) is 5.95. The van der Waals surface area contributed by atoms with Gasteiger partial charge in [0.1, 0.15) is 11.5 Å². The van der Waals surface area contributed by atoms with Crippen molar-refractivity contribution in [3.63, 3.8) is 0 Å². The molecule has 0 heterocycles. The fraction of sp³-hybridized carbons (Fsp3) is 0. The van der Waals surface area contributed by atoms with Crippen LogP contribution in [0, 0.1) is 23.0 Å². The van der Waals surface area contributed by atoms with Crippen LogP contribution in [0.1, 0.15) is 0 Å². The summed E-state index contributed by atoms with van der Waals surface area (Å²) in [7, 11) is -3.80. The van der Waals surface area contributed by atoms with Crippen LogP contribution in [-0.4, -0.2) is 8.42 Å². The molecule has 2 rings (SSSR count). The summed E-state index contributed by atoms with van der Waals surface area (Å²) in [5, 5.41) is 16.9. The average molecular weight is 300 g/mol. The first-order valence-electron chi connectivity index (χ1n) is 5.65. The number of benzene rings is 2. The molecule has 21 heavy (non-hydrogen) atoms. The smallest absolute Gasteiger partial charge is 0.292 e. The fourth-order valence-electron chi connectivity index (χ4n) is 1.65. The molecule has 0 unspecified atom stereocenters. The van der Waals surface area contributed by atoms with Crippen molar-refractivity contribution in [2.24, 2.45) is 0 Å². The van der Waals surface area contributed by atoms with Crippen LogP contribution in [0.15, 0.2) is 58.3 Å². The van der Waals surface area contributed by atoms with E-state index in [2.05, 4.69) is 9.47 Å². The van der Waals surface area contributed by atoms with E-state index in [1.165, 1.54) is 61.0 Å². The Hall–Kier alpha value is -3.03. The standard InChI is InChI=1S/C14H8N2O4S/c15-9-19-11-3-1-5-13(7-11)21(17,18)14-6-2-4-12(8-14)20-10-16/h1-8H. The summed E-state index contributed by atoms with van der Waals surface area (Å²) in [5.74, 6) is 0.256. The Morgan fingerprint density at radius 1 is 0.810 bits per heavy atom. The lowest BCUT2D eigenvalue weighted by molar-refractivity contribution is 0.504. The van der Waals surface area contributed by atoms with Crippen molar-refractivity contribution in [1.29, 1.82) is 10.5 Å². The van der Waals surface area contributed by atoms with Crippen LogP contribution in [0.3, 0.4) is 0 Å². The van der Waals surface area contributed by atoms with E-state index in [4.69, 9.17) is 10.5 Å². The summed E-state index contributed by atoms with van der Waals surface area (Å²) in [6.45, 7) is 0. The number of ether oxygens (including phenoxy) is 2. The van der Waals surface area contributed by atoms with Crippen LogP contribution in [0.2, 0.25) is 0 Å². The van der Waals surface area contributed by atoms with Gasteiger partial charge in [0.2, 0.25) is 9.84 Å². The SMILES string of the molecule is N#COc1cccc(S(=O)(=O)c2cccc(OC#N)c2)c1. The Bertz CT molecular complexity index is 782. The molecule has 0 fully saturated rings. The quantitative estimate of drug-likeness (QED) is 0.803. The molecule has 0 bridgehead atoms. The molecule has 0 radical (unpaired) electrons. The van der Waals surface area contributed by atoms with Crippen molar-refractivity contribution in [3.8, 4) is 24.0 Å². The average Bonchev–Trinajstić information content (AvgIpc) is 2.48. The van der Waals surface area contributed by atoms with Gasteiger partial charge in [-0.3, -0.25) is 0 Å². The van der Waals surface area contributed by atoms with Crippen LogP contribution in [-0.2, 0) is 9.84 Å². The molecule has 2 aromatic carbocycles. The van der Waals surface area contributed by atoms with Crippen molar-refractivity contribution >= 4 is 9.84 Å². The molecule has 104 valence electrons. The van der Waals surface area contributed by atoms with E-state index in [9.17, 15) is 8.42 Å². The molecule has 0 aliphatic carbocycles. The summed E-state index contributed by atoms with van der Waals surface area (Å²) in [6.07, 6.45) is 2.95. The van der Waals surface area contributed by atoms with Gasteiger partial charge in [-0.25, -0.2) is 8.42 Å². The zero-order chi connectivity index (χ0) is 15.3. The number of nitrogens with zero attached hydrogens (tertiary/aromatic N) is 2. The maximum absolute atomic E-state index is 12.5. The third-order valence-corrected chi connectivity index (χ3v) is 4.31. The Morgan fingerprint density at radius 2 is 1.24 bits per heavy atom. The molecular weight excluding hydrogens is 292 g/mol. The zero-order valence-corrected chi connectivity index (χ0v) is 11.4. The van der Waals surface area contributed by atoms with Crippen molar-refractivity contribution in [3.05, 3.63) is 48.5 Å². The topological polar surface area (TPSA) is 100 Å². The molecule has 0 spiro atoms. The van der Waals surface area contributed by atoms with E-state index < -0.39 is 9.84 Å². The number of rotatable bonds is 4. The first-order valence-corrected chi connectivity index (χ1v) is 7.13. The predicted molar refractivity (Wildman–Crippen MR) is 70.8 cm³/mol. The van der Waals surface area contributed by atoms with Crippen molar-refractivity contribution in [2.75, 3.05) is 0 Å². The van der Waals surface area contributed by atoms with Gasteiger partial charge in [0.05, 0.1) is 9.79 Å². The van der Waals surface area contributed by atoms with Crippen LogP contribution >= 0.6 is 0 Å². The fourth-order valence-corrected chi connectivity index (χ4v) is 2.98. The molecule has 6 nitrogen and oxygen atoms in total. The van der Waals surface area contributed by atoms with Gasteiger partial charge >= 0.3 is 0 Å². The van der Waals surface area contributed by atoms with Crippen LogP contribution in [0.4, 0.5) is 0 Å². The van der Waals surface area contributed by atoms with Crippen LogP contribution in [0.5, 0.6) is 11.5 Å². The maximum atomic E-state index is 12.5. The molecule has 0 aliphatic rings. The summed E-state index contributed by atoms with van der Waals surface area (Å²) >= 11 is 0. The summed E-state index contributed by atoms with van der Waals surface area (Å²) in [6, 6.07) is 11.1. The van der Waals surface area contributed by atoms with E-state index in [1.807, 2.05) is 0 Å². The second-order valence-corrected chi connectivity index (χ2v) is 5.79. The van der Waals surface area contributed by atoms with Crippen molar-refractivity contribution < 1.29 is 17.9 Å². The van der Waals surface area contributed by atoms with Crippen LogP contribution < -0.4 is 9.47 Å². The number of hydrogen-bond acceptors (Lipinski definition) is 6. The largest absolute Gasteiger partial charge is 0.388 e. The Kier molecular flexibility index (Phi) is 4.07. The van der Waals surface area contributed by atoms with Gasteiger partial charge in [-0.05, 0) is 24.3 Å². The molecule has 0 saturated carbocycles. The molecule has 0 aliphatic heterocycles. The minimum Gasteiger partial charge on any atom is -0.388 e. The molecule has 2 aromatic rings. The Balaban J connectivity index is 2.47. The highest BCUT2D eigenvalue weighted by atomic mass is 32.2. The molecule has 0 atom stereocenters. The molecule has 0 saturated heterocycles. The Morgan fingerprint density at radius 3 is 1.62 bits per heavy atom. The third kappa shape index (κ3) is 3.11. The molecule has 0 N–H and O–H groups in total. The van der Waals surface area contributed by atoms with Gasteiger partial charge in [0.15, 0.2) is 0 Å². The first-order chi connectivity index (χ1) is 10.1. The first kappa shape index (κ1) is 14.4. The summed E-state index contributed by atoms with van der Waals surface area (Å²) in [4.78, 5) is -0.0475. The summed E-state index contributed by atoms with van der Waals surface area (Å²) < 4.78 is 34.2. The highest BCUT2D eigenvalue weighted by Crippen LogP contribution is 2.26. The Labute approximate surface area is 121 Å². The minimum absolute atomic E-state index is 0.0237. The highest BCUT2D eigenvalue weighted by Gasteiger charge is 2.19. The molecular formula is C14H8N2O4S. The number of nitriles is 2. The van der Waals surface area contributed by atoms with E-state index in [1.54, 1.807) is 0 Å². The monoisotopic (exact) mass is 300 g/mol. The highest BCUT2D eigenvalue weighted by molar-refractivity contribution is 7.91.